The minimum absolute atomic E-state index is 0.130. The highest BCUT2D eigenvalue weighted by atomic mass is 19.2. The summed E-state index contributed by atoms with van der Waals surface area (Å²) >= 11 is 0. The van der Waals surface area contributed by atoms with Gasteiger partial charge in [-0.2, -0.15) is 5.26 Å². The number of nitro benzene ring substituents is 1. The fourth-order valence-corrected chi connectivity index (χ4v) is 2.82. The monoisotopic (exact) mass is 345 g/mol. The molecule has 0 amide bonds. The molecule has 2 aromatic rings. The zero-order chi connectivity index (χ0) is 18.0. The van der Waals surface area contributed by atoms with Crippen LogP contribution in [-0.2, 0) is 4.74 Å². The molecular formula is C17H13F2N3O3. The molecule has 1 N–H and O–H groups in total. The lowest BCUT2D eigenvalue weighted by Gasteiger charge is -2.22. The Morgan fingerprint density at radius 3 is 2.72 bits per heavy atom. The van der Waals surface area contributed by atoms with E-state index in [-0.39, 0.29) is 17.3 Å². The lowest BCUT2D eigenvalue weighted by atomic mass is 10.0. The van der Waals surface area contributed by atoms with Crippen LogP contribution in [0.5, 0.6) is 0 Å². The summed E-state index contributed by atoms with van der Waals surface area (Å²) in [5.41, 5.74) is 0.859. The van der Waals surface area contributed by atoms with Gasteiger partial charge in [0.25, 0.3) is 5.69 Å². The number of hydrogen-bond acceptors (Lipinski definition) is 5. The number of nitriles is 1. The summed E-state index contributed by atoms with van der Waals surface area (Å²) in [6.07, 6.45) is 0.0720. The zero-order valence-corrected chi connectivity index (χ0v) is 12.9. The molecule has 1 fully saturated rings. The minimum atomic E-state index is -0.959. The summed E-state index contributed by atoms with van der Waals surface area (Å²) in [5, 5.41) is 23.1. The van der Waals surface area contributed by atoms with E-state index in [0.29, 0.717) is 24.3 Å². The summed E-state index contributed by atoms with van der Waals surface area (Å²) in [6.45, 7) is 0.413. The molecule has 1 aliphatic rings. The molecule has 0 radical (unpaired) electrons. The molecule has 0 aromatic heterocycles. The maximum atomic E-state index is 13.5. The predicted octanol–water partition coefficient (Wildman–Crippen LogP) is 3.69. The maximum absolute atomic E-state index is 13.5. The molecule has 0 spiro atoms. The molecular weight excluding hydrogens is 332 g/mol. The lowest BCUT2D eigenvalue weighted by molar-refractivity contribution is -0.384. The predicted molar refractivity (Wildman–Crippen MR) is 84.9 cm³/mol. The summed E-state index contributed by atoms with van der Waals surface area (Å²) < 4.78 is 32.2. The van der Waals surface area contributed by atoms with Crippen molar-refractivity contribution < 1.29 is 18.4 Å². The number of benzene rings is 2. The Kier molecular flexibility index (Phi) is 4.59. The maximum Gasteiger partial charge on any atom is 0.270 e. The molecule has 2 atom stereocenters. The number of anilines is 1. The summed E-state index contributed by atoms with van der Waals surface area (Å²) in [4.78, 5) is 10.2. The number of halogens is 2. The first kappa shape index (κ1) is 16.8. The Hall–Kier alpha value is -3.05. The van der Waals surface area contributed by atoms with E-state index in [1.165, 1.54) is 24.3 Å². The fraction of sp³-hybridized carbons (Fsp3) is 0.235. The Morgan fingerprint density at radius 2 is 2.04 bits per heavy atom. The van der Waals surface area contributed by atoms with Gasteiger partial charge in [0.05, 0.1) is 22.2 Å². The quantitative estimate of drug-likeness (QED) is 0.674. The number of nitro groups is 1. The van der Waals surface area contributed by atoms with Crippen LogP contribution in [-0.4, -0.2) is 17.6 Å². The lowest BCUT2D eigenvalue weighted by Crippen LogP contribution is -2.23. The van der Waals surface area contributed by atoms with Crippen molar-refractivity contribution in [1.82, 2.24) is 0 Å². The van der Waals surface area contributed by atoms with Gasteiger partial charge < -0.3 is 10.1 Å². The van der Waals surface area contributed by atoms with Gasteiger partial charge in [0.15, 0.2) is 11.6 Å². The smallest absolute Gasteiger partial charge is 0.270 e. The fourth-order valence-electron chi connectivity index (χ4n) is 2.82. The first-order valence-electron chi connectivity index (χ1n) is 7.51. The van der Waals surface area contributed by atoms with Crippen LogP contribution in [0.4, 0.5) is 20.2 Å². The van der Waals surface area contributed by atoms with E-state index < -0.39 is 22.7 Å². The molecule has 6 nitrogen and oxygen atoms in total. The van der Waals surface area contributed by atoms with E-state index in [1.807, 2.05) is 6.07 Å². The van der Waals surface area contributed by atoms with Gasteiger partial charge in [0, 0.05) is 18.7 Å². The third kappa shape index (κ3) is 3.41. The average molecular weight is 345 g/mol. The van der Waals surface area contributed by atoms with Gasteiger partial charge in [0.1, 0.15) is 12.2 Å². The summed E-state index contributed by atoms with van der Waals surface area (Å²) in [6, 6.07) is 9.15. The Labute approximate surface area is 141 Å². The Balaban J connectivity index is 1.85. The van der Waals surface area contributed by atoms with Gasteiger partial charge in [-0.1, -0.05) is 6.07 Å². The highest BCUT2D eigenvalue weighted by Gasteiger charge is 2.31. The topological polar surface area (TPSA) is 88.2 Å². The van der Waals surface area contributed by atoms with E-state index in [9.17, 15) is 24.2 Å². The normalized spacial score (nSPS) is 19.4. The summed E-state index contributed by atoms with van der Waals surface area (Å²) in [5.74, 6) is -1.90. The van der Waals surface area contributed by atoms with Crippen LogP contribution in [0.3, 0.4) is 0 Å². The van der Waals surface area contributed by atoms with Gasteiger partial charge in [0.2, 0.25) is 0 Å². The van der Waals surface area contributed by atoms with Crippen LogP contribution in [0, 0.1) is 33.1 Å². The van der Waals surface area contributed by atoms with Crippen LogP contribution >= 0.6 is 0 Å². The molecule has 1 saturated heterocycles. The molecule has 1 aliphatic heterocycles. The average Bonchev–Trinajstić information content (AvgIpc) is 3.05. The first-order chi connectivity index (χ1) is 12.0. The van der Waals surface area contributed by atoms with Gasteiger partial charge in [-0.25, -0.2) is 8.78 Å². The largest absolute Gasteiger partial charge is 0.378 e. The number of rotatable bonds is 4. The Bertz CT molecular complexity index is 867. The summed E-state index contributed by atoms with van der Waals surface area (Å²) in [7, 11) is 0. The minimum Gasteiger partial charge on any atom is -0.378 e. The highest BCUT2D eigenvalue weighted by molar-refractivity contribution is 5.62. The van der Waals surface area contributed by atoms with Gasteiger partial charge >= 0.3 is 0 Å². The molecule has 0 aliphatic carbocycles. The van der Waals surface area contributed by atoms with Crippen molar-refractivity contribution in [2.75, 3.05) is 11.9 Å². The highest BCUT2D eigenvalue weighted by Crippen LogP contribution is 2.33. The number of ether oxygens (including phenoxy) is 1. The third-order valence-electron chi connectivity index (χ3n) is 4.04. The van der Waals surface area contributed by atoms with E-state index in [2.05, 4.69) is 5.32 Å². The van der Waals surface area contributed by atoms with Crippen LogP contribution in [0.1, 0.15) is 23.7 Å². The standard InChI is InChI=1S/C17H13F2N3O3/c18-13-3-1-10(8-14(13)19)17-16(5-6-25-17)21-15-4-2-12(22(23)24)7-11(15)9-20/h1-4,7-8,16-17,21H,5-6H2. The van der Waals surface area contributed by atoms with E-state index >= 15 is 0 Å². The SMILES string of the molecule is N#Cc1cc([N+](=O)[O-])ccc1NC1CCOC1c1ccc(F)c(F)c1. The van der Waals surface area contributed by atoms with Crippen molar-refractivity contribution in [3.8, 4) is 6.07 Å². The van der Waals surface area contributed by atoms with Gasteiger partial charge in [-0.05, 0) is 30.2 Å². The number of non-ortho nitro benzene ring substituents is 1. The molecule has 25 heavy (non-hydrogen) atoms. The molecule has 128 valence electrons. The Morgan fingerprint density at radius 1 is 1.24 bits per heavy atom. The van der Waals surface area contributed by atoms with Gasteiger partial charge in [-0.15, -0.1) is 0 Å². The second kappa shape index (κ2) is 6.83. The van der Waals surface area contributed by atoms with Crippen molar-refractivity contribution in [2.45, 2.75) is 18.6 Å². The van der Waals surface area contributed by atoms with Crippen molar-refractivity contribution in [3.63, 3.8) is 0 Å². The second-order valence-electron chi connectivity index (χ2n) is 5.60. The van der Waals surface area contributed by atoms with E-state index in [1.54, 1.807) is 0 Å². The second-order valence-corrected chi connectivity index (χ2v) is 5.60. The van der Waals surface area contributed by atoms with E-state index in [4.69, 9.17) is 4.74 Å². The number of nitrogens with zero attached hydrogens (tertiary/aromatic N) is 2. The number of hydrogen-bond donors (Lipinski definition) is 1. The molecule has 1 heterocycles. The van der Waals surface area contributed by atoms with Crippen LogP contribution < -0.4 is 5.32 Å². The van der Waals surface area contributed by atoms with Crippen LogP contribution in [0.25, 0.3) is 0 Å². The van der Waals surface area contributed by atoms with Crippen LogP contribution in [0.2, 0.25) is 0 Å². The van der Waals surface area contributed by atoms with E-state index in [0.717, 1.165) is 12.1 Å². The molecule has 8 heteroatoms. The first-order valence-corrected chi connectivity index (χ1v) is 7.51. The van der Waals surface area contributed by atoms with Crippen molar-refractivity contribution in [1.29, 1.82) is 5.26 Å². The zero-order valence-electron chi connectivity index (χ0n) is 12.9. The molecule has 0 saturated carbocycles. The van der Waals surface area contributed by atoms with Crippen LogP contribution in [0.15, 0.2) is 36.4 Å². The molecule has 3 rings (SSSR count). The third-order valence-corrected chi connectivity index (χ3v) is 4.04. The molecule has 2 unspecified atom stereocenters. The van der Waals surface area contributed by atoms with Crippen molar-refractivity contribution >= 4 is 11.4 Å². The molecule has 0 bridgehead atoms. The number of nitrogens with one attached hydrogen (secondary N) is 1. The molecule has 2 aromatic carbocycles. The van der Waals surface area contributed by atoms with Gasteiger partial charge in [-0.3, -0.25) is 10.1 Å². The van der Waals surface area contributed by atoms with Crippen molar-refractivity contribution in [2.24, 2.45) is 0 Å². The van der Waals surface area contributed by atoms with Crippen molar-refractivity contribution in [3.05, 3.63) is 69.3 Å².